The summed E-state index contributed by atoms with van der Waals surface area (Å²) in [6, 6.07) is 8.05. The van der Waals surface area contributed by atoms with Crippen LogP contribution in [0.5, 0.6) is 0 Å². The van der Waals surface area contributed by atoms with Crippen molar-refractivity contribution in [3.63, 3.8) is 0 Å². The Kier molecular flexibility index (Phi) is 5.82. The molecule has 1 saturated heterocycles. The maximum absolute atomic E-state index is 12.5. The zero-order chi connectivity index (χ0) is 19.5. The molecule has 1 aliphatic heterocycles. The number of carbonyl (C=O) groups is 2. The molecule has 3 amide bonds. The molecule has 2 unspecified atom stereocenters. The first-order chi connectivity index (χ1) is 13.6. The molecule has 1 aromatic carbocycles. The number of hydrazine groups is 1. The van der Waals surface area contributed by atoms with Crippen LogP contribution in [0.4, 0.5) is 16.2 Å². The van der Waals surface area contributed by atoms with Crippen molar-refractivity contribution in [2.75, 3.05) is 24.2 Å². The van der Waals surface area contributed by atoms with E-state index in [1.165, 1.54) is 12.8 Å². The fraction of sp³-hybridized carbons (Fsp3) is 0.619. The SMILES string of the molecule is CN(CC1CC(C2CC2)NN1)C(=O)Nc1cccc(NC(=O)C2CCCC2)c1. The summed E-state index contributed by atoms with van der Waals surface area (Å²) in [6.07, 6.45) is 7.90. The first kappa shape index (κ1) is 19.2. The molecule has 2 aliphatic carbocycles. The van der Waals surface area contributed by atoms with Crippen molar-refractivity contribution in [2.24, 2.45) is 11.8 Å². The summed E-state index contributed by atoms with van der Waals surface area (Å²) < 4.78 is 0. The molecule has 3 fully saturated rings. The lowest BCUT2D eigenvalue weighted by molar-refractivity contribution is -0.119. The summed E-state index contributed by atoms with van der Waals surface area (Å²) in [7, 11) is 1.81. The molecule has 4 N–H and O–H groups in total. The number of benzene rings is 1. The van der Waals surface area contributed by atoms with Gasteiger partial charge in [-0.1, -0.05) is 18.9 Å². The number of anilines is 2. The Balaban J connectivity index is 1.27. The minimum atomic E-state index is -0.143. The van der Waals surface area contributed by atoms with Crippen LogP contribution >= 0.6 is 0 Å². The second kappa shape index (κ2) is 8.49. The first-order valence-electron chi connectivity index (χ1n) is 10.5. The molecule has 2 atom stereocenters. The highest BCUT2D eigenvalue weighted by atomic mass is 16.2. The largest absolute Gasteiger partial charge is 0.326 e. The molecule has 7 nitrogen and oxygen atoms in total. The molecule has 28 heavy (non-hydrogen) atoms. The van der Waals surface area contributed by atoms with Gasteiger partial charge < -0.3 is 15.5 Å². The number of nitrogens with one attached hydrogen (secondary N) is 4. The summed E-state index contributed by atoms with van der Waals surface area (Å²) in [5.74, 6) is 1.01. The van der Waals surface area contributed by atoms with E-state index < -0.39 is 0 Å². The Labute approximate surface area is 166 Å². The Hall–Kier alpha value is -2.12. The highest BCUT2D eigenvalue weighted by Crippen LogP contribution is 2.35. The second-order valence-corrected chi connectivity index (χ2v) is 8.53. The maximum Gasteiger partial charge on any atom is 0.321 e. The molecule has 0 aromatic heterocycles. The number of urea groups is 1. The summed E-state index contributed by atoms with van der Waals surface area (Å²) in [5.41, 5.74) is 8.10. The molecule has 1 heterocycles. The Bertz CT molecular complexity index is 715. The number of nitrogens with zero attached hydrogens (tertiary/aromatic N) is 1. The molecule has 2 saturated carbocycles. The normalized spacial score (nSPS) is 24.9. The highest BCUT2D eigenvalue weighted by molar-refractivity contribution is 5.94. The molecule has 1 aromatic rings. The lowest BCUT2D eigenvalue weighted by Gasteiger charge is -2.21. The van der Waals surface area contributed by atoms with Gasteiger partial charge in [-0.25, -0.2) is 4.79 Å². The maximum atomic E-state index is 12.5. The second-order valence-electron chi connectivity index (χ2n) is 8.53. The number of rotatable bonds is 6. The van der Waals surface area contributed by atoms with Gasteiger partial charge in [0.25, 0.3) is 0 Å². The first-order valence-corrected chi connectivity index (χ1v) is 10.5. The van der Waals surface area contributed by atoms with E-state index in [1.807, 2.05) is 31.3 Å². The van der Waals surface area contributed by atoms with E-state index in [0.29, 0.717) is 18.3 Å². The van der Waals surface area contributed by atoms with Crippen molar-refractivity contribution in [1.82, 2.24) is 15.8 Å². The lowest BCUT2D eigenvalue weighted by atomic mass is 10.1. The number of amides is 3. The van der Waals surface area contributed by atoms with Gasteiger partial charge in [-0.3, -0.25) is 15.6 Å². The fourth-order valence-corrected chi connectivity index (χ4v) is 4.32. The highest BCUT2D eigenvalue weighted by Gasteiger charge is 2.37. The van der Waals surface area contributed by atoms with E-state index in [-0.39, 0.29) is 23.9 Å². The molecule has 4 rings (SSSR count). The van der Waals surface area contributed by atoms with E-state index >= 15 is 0 Å². The smallest absolute Gasteiger partial charge is 0.321 e. The third-order valence-corrected chi connectivity index (χ3v) is 6.15. The molecule has 152 valence electrons. The number of likely N-dealkylation sites (N-methyl/N-ethyl adjacent to an activating group) is 1. The number of carbonyl (C=O) groups excluding carboxylic acids is 2. The monoisotopic (exact) mass is 385 g/mol. The van der Waals surface area contributed by atoms with Crippen molar-refractivity contribution in [2.45, 2.75) is 57.0 Å². The van der Waals surface area contributed by atoms with E-state index in [4.69, 9.17) is 0 Å². The zero-order valence-corrected chi connectivity index (χ0v) is 16.5. The average Bonchev–Trinajstić information content (AvgIpc) is 3.18. The molecule has 7 heteroatoms. The van der Waals surface area contributed by atoms with E-state index in [0.717, 1.165) is 43.7 Å². The number of hydrogen-bond acceptors (Lipinski definition) is 4. The van der Waals surface area contributed by atoms with Gasteiger partial charge in [0, 0.05) is 43.0 Å². The summed E-state index contributed by atoms with van der Waals surface area (Å²) in [4.78, 5) is 26.6. The van der Waals surface area contributed by atoms with Crippen molar-refractivity contribution in [3.8, 4) is 0 Å². The molecular formula is C21H31N5O2. The zero-order valence-electron chi connectivity index (χ0n) is 16.5. The fourth-order valence-electron chi connectivity index (χ4n) is 4.32. The van der Waals surface area contributed by atoms with Crippen molar-refractivity contribution in [3.05, 3.63) is 24.3 Å². The topological polar surface area (TPSA) is 85.5 Å². The number of hydrogen-bond donors (Lipinski definition) is 4. The summed E-state index contributed by atoms with van der Waals surface area (Å²) >= 11 is 0. The quantitative estimate of drug-likeness (QED) is 0.607. The van der Waals surface area contributed by atoms with Crippen molar-refractivity contribution in [1.29, 1.82) is 0 Å². The molecule has 0 bridgehead atoms. The minimum absolute atomic E-state index is 0.0862. The van der Waals surface area contributed by atoms with Crippen LogP contribution in [0.15, 0.2) is 24.3 Å². The Morgan fingerprint density at radius 2 is 1.79 bits per heavy atom. The van der Waals surface area contributed by atoms with Gasteiger partial charge in [0.05, 0.1) is 0 Å². The molecule has 0 spiro atoms. The van der Waals surface area contributed by atoms with Gasteiger partial charge in [0.1, 0.15) is 0 Å². The van der Waals surface area contributed by atoms with Crippen LogP contribution in [-0.4, -0.2) is 42.5 Å². The van der Waals surface area contributed by atoms with Crippen LogP contribution in [0.25, 0.3) is 0 Å². The van der Waals surface area contributed by atoms with Crippen molar-refractivity contribution >= 4 is 23.3 Å². The van der Waals surface area contributed by atoms with Crippen molar-refractivity contribution < 1.29 is 9.59 Å². The minimum Gasteiger partial charge on any atom is -0.326 e. The van der Waals surface area contributed by atoms with Crippen LogP contribution < -0.4 is 21.5 Å². The third-order valence-electron chi connectivity index (χ3n) is 6.15. The standard InChI is InChI=1S/C21H31N5O2/c1-26(13-18-12-19(25-24-18)14-9-10-14)21(28)23-17-8-4-7-16(11-17)22-20(27)15-5-2-3-6-15/h4,7-8,11,14-15,18-19,24-25H,2-3,5-6,9-10,12-13H2,1H3,(H,22,27)(H,23,28). The van der Waals surface area contributed by atoms with Gasteiger partial charge in [0.2, 0.25) is 5.91 Å². The van der Waals surface area contributed by atoms with E-state index in [2.05, 4.69) is 21.5 Å². The van der Waals surface area contributed by atoms with Gasteiger partial charge in [-0.15, -0.1) is 0 Å². The van der Waals surface area contributed by atoms with Crippen LogP contribution in [0, 0.1) is 11.8 Å². The lowest BCUT2D eigenvalue weighted by Crippen LogP contribution is -2.43. The predicted molar refractivity (Wildman–Crippen MR) is 110 cm³/mol. The van der Waals surface area contributed by atoms with E-state index in [1.54, 1.807) is 4.90 Å². The summed E-state index contributed by atoms with van der Waals surface area (Å²) in [6.45, 7) is 0.653. The van der Waals surface area contributed by atoms with Gasteiger partial charge in [-0.05, 0) is 56.2 Å². The Morgan fingerprint density at radius 3 is 2.50 bits per heavy atom. The summed E-state index contributed by atoms with van der Waals surface area (Å²) in [5, 5.41) is 5.92. The molecular weight excluding hydrogens is 354 g/mol. The van der Waals surface area contributed by atoms with Crippen LogP contribution in [0.1, 0.15) is 44.9 Å². The van der Waals surface area contributed by atoms with Crippen LogP contribution in [-0.2, 0) is 4.79 Å². The third kappa shape index (κ3) is 4.83. The Morgan fingerprint density at radius 1 is 1.07 bits per heavy atom. The predicted octanol–water partition coefficient (Wildman–Crippen LogP) is 2.92. The van der Waals surface area contributed by atoms with Gasteiger partial charge >= 0.3 is 6.03 Å². The van der Waals surface area contributed by atoms with Crippen LogP contribution in [0.2, 0.25) is 0 Å². The van der Waals surface area contributed by atoms with Crippen LogP contribution in [0.3, 0.4) is 0 Å². The molecule has 3 aliphatic rings. The van der Waals surface area contributed by atoms with E-state index in [9.17, 15) is 9.59 Å². The molecule has 0 radical (unpaired) electrons. The van der Waals surface area contributed by atoms with Gasteiger partial charge in [-0.2, -0.15) is 0 Å². The van der Waals surface area contributed by atoms with Gasteiger partial charge in [0.15, 0.2) is 0 Å². The average molecular weight is 386 g/mol.